The van der Waals surface area contributed by atoms with Gasteiger partial charge in [0.05, 0.1) is 39.2 Å². The molecular weight excluding hydrogens is 610 g/mol. The summed E-state index contributed by atoms with van der Waals surface area (Å²) in [5, 5.41) is 2.78. The Morgan fingerprint density at radius 1 is 0.978 bits per heavy atom. The number of likely N-dealkylation sites (N-methyl/N-ethyl adjacent to an activating group) is 1. The lowest BCUT2D eigenvalue weighted by Crippen LogP contribution is -2.44. The van der Waals surface area contributed by atoms with Crippen LogP contribution in [0.3, 0.4) is 0 Å². The van der Waals surface area contributed by atoms with E-state index in [0.717, 1.165) is 24.8 Å². The normalized spacial score (nSPS) is 15.2. The maximum atomic E-state index is 15.0. The molecule has 2 aromatic heterocycles. The summed E-state index contributed by atoms with van der Waals surface area (Å²) in [5.74, 6) is -0.200. The van der Waals surface area contributed by atoms with Crippen LogP contribution in [-0.4, -0.2) is 84.2 Å². The molecule has 2 aliphatic rings. The molecule has 46 heavy (non-hydrogen) atoms. The van der Waals surface area contributed by atoms with Crippen molar-refractivity contribution in [1.82, 2.24) is 24.3 Å². The van der Waals surface area contributed by atoms with Crippen LogP contribution in [0.1, 0.15) is 11.3 Å². The number of fused-ring (bicyclic) bond motifs is 1. The number of ether oxygens (including phenoxy) is 3. The minimum Gasteiger partial charge on any atom is -0.497 e. The lowest BCUT2D eigenvalue weighted by Gasteiger charge is -2.34. The van der Waals surface area contributed by atoms with Gasteiger partial charge in [-0.1, -0.05) is 0 Å². The van der Waals surface area contributed by atoms with E-state index in [-0.39, 0.29) is 36.5 Å². The second-order valence-electron chi connectivity index (χ2n) is 10.9. The van der Waals surface area contributed by atoms with E-state index < -0.39 is 17.9 Å². The first-order chi connectivity index (χ1) is 22.0. The Morgan fingerprint density at radius 3 is 2.46 bits per heavy atom. The van der Waals surface area contributed by atoms with E-state index in [1.54, 1.807) is 36.3 Å². The highest BCUT2D eigenvalue weighted by molar-refractivity contribution is 5.83. The number of hydrogen-bond acceptors (Lipinski definition) is 9. The first-order valence-electron chi connectivity index (χ1n) is 14.4. The van der Waals surface area contributed by atoms with E-state index in [9.17, 15) is 18.0 Å². The zero-order chi connectivity index (χ0) is 32.6. The molecule has 6 rings (SSSR count). The fourth-order valence-electron chi connectivity index (χ4n) is 5.51. The molecule has 0 saturated carbocycles. The number of benzene rings is 2. The molecule has 1 fully saturated rings. The fraction of sp³-hybridized carbons (Fsp3) is 0.323. The van der Waals surface area contributed by atoms with Gasteiger partial charge in [-0.2, -0.15) is 0 Å². The average Bonchev–Trinajstić information content (AvgIpc) is 3.57. The fourth-order valence-corrected chi connectivity index (χ4v) is 5.51. The van der Waals surface area contributed by atoms with Crippen molar-refractivity contribution in [3.63, 3.8) is 0 Å². The number of hydrogen-bond donors (Lipinski definition) is 1. The predicted octanol–water partition coefficient (Wildman–Crippen LogP) is 5.48. The van der Waals surface area contributed by atoms with E-state index in [4.69, 9.17) is 9.47 Å². The molecular formula is C31H31F4N7O4. The Balaban J connectivity index is 1.24. The Hall–Kier alpha value is -5.05. The number of aromatic nitrogens is 3. The largest absolute Gasteiger partial charge is 0.573 e. The lowest BCUT2D eigenvalue weighted by atomic mass is 10.1. The average molecular weight is 642 g/mol. The summed E-state index contributed by atoms with van der Waals surface area (Å²) < 4.78 is 71.1. The molecule has 0 aliphatic carbocycles. The number of nitrogens with one attached hydrogen (secondary N) is 1. The van der Waals surface area contributed by atoms with Crippen LogP contribution < -0.4 is 24.4 Å². The van der Waals surface area contributed by atoms with E-state index in [2.05, 4.69) is 24.9 Å². The maximum absolute atomic E-state index is 15.0. The second kappa shape index (κ2) is 12.4. The molecule has 0 bridgehead atoms. The molecule has 1 N–H and O–H groups in total. The maximum Gasteiger partial charge on any atom is 0.573 e. The van der Waals surface area contributed by atoms with Crippen LogP contribution in [0.25, 0.3) is 11.3 Å². The Labute approximate surface area is 261 Å². The molecule has 0 spiro atoms. The third-order valence-electron chi connectivity index (χ3n) is 7.91. The zero-order valence-electron chi connectivity index (χ0n) is 25.3. The van der Waals surface area contributed by atoms with Gasteiger partial charge in [0, 0.05) is 61.0 Å². The van der Waals surface area contributed by atoms with Gasteiger partial charge in [-0.05, 0) is 43.4 Å². The predicted molar refractivity (Wildman–Crippen MR) is 161 cm³/mol. The van der Waals surface area contributed by atoms with Crippen molar-refractivity contribution in [2.24, 2.45) is 0 Å². The third kappa shape index (κ3) is 6.49. The van der Waals surface area contributed by atoms with Crippen molar-refractivity contribution in [3.05, 3.63) is 71.9 Å². The van der Waals surface area contributed by atoms with Gasteiger partial charge in [0.25, 0.3) is 0 Å². The zero-order valence-corrected chi connectivity index (χ0v) is 25.3. The van der Waals surface area contributed by atoms with Crippen LogP contribution in [0, 0.1) is 5.82 Å². The van der Waals surface area contributed by atoms with Gasteiger partial charge >= 0.3 is 12.4 Å². The molecule has 242 valence electrons. The first kappa shape index (κ1) is 31.0. The number of carbonyl (C=O) groups is 1. The van der Waals surface area contributed by atoms with Gasteiger partial charge in [-0.3, -0.25) is 4.57 Å². The highest BCUT2D eigenvalue weighted by atomic mass is 19.4. The molecule has 11 nitrogen and oxygen atoms in total. The molecule has 2 aliphatic heterocycles. The van der Waals surface area contributed by atoms with Gasteiger partial charge in [0.15, 0.2) is 11.6 Å². The highest BCUT2D eigenvalue weighted by Crippen LogP contribution is 2.36. The number of halogens is 4. The summed E-state index contributed by atoms with van der Waals surface area (Å²) >= 11 is 0. The number of alkyl halides is 3. The van der Waals surface area contributed by atoms with Gasteiger partial charge in [-0.15, -0.1) is 13.2 Å². The van der Waals surface area contributed by atoms with Crippen LogP contribution in [-0.2, 0) is 13.1 Å². The van der Waals surface area contributed by atoms with Crippen molar-refractivity contribution in [2.75, 3.05) is 57.7 Å². The number of carbonyl (C=O) groups excluding carboxylic acids is 1. The van der Waals surface area contributed by atoms with E-state index in [0.29, 0.717) is 41.5 Å². The number of nitrogens with zero attached hydrogens (tertiary/aromatic N) is 6. The summed E-state index contributed by atoms with van der Waals surface area (Å²) in [5.41, 5.74) is 2.23. The Bertz CT molecular complexity index is 1760. The smallest absolute Gasteiger partial charge is 0.497 e. The first-order valence-corrected chi connectivity index (χ1v) is 14.4. The number of anilines is 3. The van der Waals surface area contributed by atoms with Gasteiger partial charge < -0.3 is 34.2 Å². The number of amides is 1. The van der Waals surface area contributed by atoms with Crippen molar-refractivity contribution in [3.8, 4) is 28.5 Å². The Kier molecular flexibility index (Phi) is 8.34. The standard InChI is InChI=1S/C31H31F4N7O4/c1-39-8-10-40(11-9-39)21-5-7-26(46-31(33,34)35)25(13-21)37-29-36-15-24(32)28(38-29)20-12-22-18-41(30(43)42(22)17-20)16-19-4-6-23(44-2)14-27(19)45-3/h4-7,12-15,17H,8-11,16,18H2,1-3H3,(H,36,37,38). The van der Waals surface area contributed by atoms with Crippen LogP contribution in [0.2, 0.25) is 0 Å². The van der Waals surface area contributed by atoms with Crippen LogP contribution in [0.5, 0.6) is 17.2 Å². The minimum absolute atomic E-state index is 0.0366. The monoisotopic (exact) mass is 641 g/mol. The summed E-state index contributed by atoms with van der Waals surface area (Å²) in [6, 6.07) is 11.0. The summed E-state index contributed by atoms with van der Waals surface area (Å²) in [6.07, 6.45) is -2.54. The van der Waals surface area contributed by atoms with Crippen LogP contribution >= 0.6 is 0 Å². The van der Waals surface area contributed by atoms with Gasteiger partial charge in [0.1, 0.15) is 17.2 Å². The molecule has 15 heteroatoms. The van der Waals surface area contributed by atoms with Crippen LogP contribution in [0.4, 0.5) is 39.7 Å². The topological polar surface area (TPSA) is 97.2 Å². The van der Waals surface area contributed by atoms with Crippen molar-refractivity contribution in [1.29, 1.82) is 0 Å². The molecule has 2 aromatic carbocycles. The number of methoxy groups -OCH3 is 2. The van der Waals surface area contributed by atoms with Crippen molar-refractivity contribution < 1.29 is 36.6 Å². The summed E-state index contributed by atoms with van der Waals surface area (Å²) in [4.78, 5) is 27.3. The minimum atomic E-state index is -4.94. The SMILES string of the molecule is COc1ccc(CN2Cc3cc(-c4nc(Nc5cc(N6CCN(C)CC6)ccc5OC(F)(F)F)ncc4F)cn3C2=O)c(OC)c1. The quantitative estimate of drug-likeness (QED) is 0.239. The highest BCUT2D eigenvalue weighted by Gasteiger charge is 2.33. The lowest BCUT2D eigenvalue weighted by molar-refractivity contribution is -0.274. The van der Waals surface area contributed by atoms with Crippen molar-refractivity contribution in [2.45, 2.75) is 19.5 Å². The molecule has 4 heterocycles. The third-order valence-corrected chi connectivity index (χ3v) is 7.91. The molecule has 0 radical (unpaired) electrons. The molecule has 0 unspecified atom stereocenters. The van der Waals surface area contributed by atoms with E-state index in [1.807, 2.05) is 18.0 Å². The van der Waals surface area contributed by atoms with E-state index in [1.165, 1.54) is 30.0 Å². The second-order valence-corrected chi connectivity index (χ2v) is 10.9. The molecule has 1 saturated heterocycles. The number of rotatable bonds is 9. The molecule has 1 amide bonds. The van der Waals surface area contributed by atoms with Gasteiger partial charge in [0.2, 0.25) is 5.95 Å². The van der Waals surface area contributed by atoms with Crippen molar-refractivity contribution >= 4 is 23.4 Å². The van der Waals surface area contributed by atoms with E-state index >= 15 is 4.39 Å². The molecule has 4 aromatic rings. The van der Waals surface area contributed by atoms with Gasteiger partial charge in [-0.25, -0.2) is 19.2 Å². The number of piperazine rings is 1. The summed E-state index contributed by atoms with van der Waals surface area (Å²) in [7, 11) is 5.09. The van der Waals surface area contributed by atoms with Crippen LogP contribution in [0.15, 0.2) is 54.9 Å². The Morgan fingerprint density at radius 2 is 1.76 bits per heavy atom. The molecule has 0 atom stereocenters. The summed E-state index contributed by atoms with van der Waals surface area (Å²) in [6.45, 7) is 3.50.